The summed E-state index contributed by atoms with van der Waals surface area (Å²) in [4.78, 5) is 15.2. The highest BCUT2D eigenvalue weighted by atomic mass is 16.5. The van der Waals surface area contributed by atoms with Gasteiger partial charge in [0.15, 0.2) is 11.6 Å². The van der Waals surface area contributed by atoms with Gasteiger partial charge in [0.05, 0.1) is 7.11 Å². The van der Waals surface area contributed by atoms with Crippen LogP contribution in [0.1, 0.15) is 0 Å². The second-order valence-corrected chi connectivity index (χ2v) is 5.25. The molecular formula is C13H24N6O. The van der Waals surface area contributed by atoms with Crippen LogP contribution in [0.2, 0.25) is 0 Å². The van der Waals surface area contributed by atoms with Gasteiger partial charge in [-0.2, -0.15) is 0 Å². The zero-order valence-electron chi connectivity index (χ0n) is 12.5. The third-order valence-electron chi connectivity index (χ3n) is 3.55. The van der Waals surface area contributed by atoms with E-state index >= 15 is 0 Å². The molecule has 7 nitrogen and oxygen atoms in total. The lowest BCUT2D eigenvalue weighted by Gasteiger charge is -2.36. The molecule has 7 heteroatoms. The van der Waals surface area contributed by atoms with Crippen molar-refractivity contribution in [3.05, 3.63) is 6.33 Å². The van der Waals surface area contributed by atoms with Crippen LogP contribution in [0.3, 0.4) is 0 Å². The summed E-state index contributed by atoms with van der Waals surface area (Å²) in [6.45, 7) is 6.11. The van der Waals surface area contributed by atoms with Crippen molar-refractivity contribution in [3.8, 4) is 5.75 Å². The molecule has 20 heavy (non-hydrogen) atoms. The summed E-state index contributed by atoms with van der Waals surface area (Å²) >= 11 is 0. The number of rotatable bonds is 5. The van der Waals surface area contributed by atoms with Gasteiger partial charge >= 0.3 is 0 Å². The van der Waals surface area contributed by atoms with E-state index in [1.54, 1.807) is 7.11 Å². The van der Waals surface area contributed by atoms with Crippen molar-refractivity contribution in [3.63, 3.8) is 0 Å². The molecule has 2 N–H and O–H groups in total. The van der Waals surface area contributed by atoms with Gasteiger partial charge in [-0.1, -0.05) is 0 Å². The molecule has 1 aromatic heterocycles. The van der Waals surface area contributed by atoms with Gasteiger partial charge < -0.3 is 20.3 Å². The number of anilines is 2. The molecule has 0 unspecified atom stereocenters. The number of nitrogens with zero attached hydrogens (tertiary/aromatic N) is 5. The van der Waals surface area contributed by atoms with E-state index in [-0.39, 0.29) is 0 Å². The number of nitrogens with two attached hydrogens (primary N) is 1. The number of hydrogen-bond acceptors (Lipinski definition) is 7. The van der Waals surface area contributed by atoms with E-state index < -0.39 is 0 Å². The van der Waals surface area contributed by atoms with E-state index in [1.165, 1.54) is 6.33 Å². The van der Waals surface area contributed by atoms with E-state index in [0.717, 1.165) is 45.1 Å². The van der Waals surface area contributed by atoms with Crippen LogP contribution in [0.25, 0.3) is 0 Å². The molecule has 0 atom stereocenters. The SMILES string of the molecule is COc1c(N)ncnc1N1CCN(CCN(C)C)CC1. The van der Waals surface area contributed by atoms with Gasteiger partial charge in [-0.15, -0.1) is 0 Å². The van der Waals surface area contributed by atoms with Crippen molar-refractivity contribution in [2.24, 2.45) is 0 Å². The summed E-state index contributed by atoms with van der Waals surface area (Å²) in [6.07, 6.45) is 1.49. The molecule has 0 amide bonds. The second-order valence-electron chi connectivity index (χ2n) is 5.25. The fraction of sp³-hybridized carbons (Fsp3) is 0.692. The van der Waals surface area contributed by atoms with Gasteiger partial charge in [-0.25, -0.2) is 9.97 Å². The maximum absolute atomic E-state index is 5.83. The van der Waals surface area contributed by atoms with Gasteiger partial charge in [0, 0.05) is 39.3 Å². The van der Waals surface area contributed by atoms with E-state index in [9.17, 15) is 0 Å². The van der Waals surface area contributed by atoms with E-state index in [0.29, 0.717) is 11.6 Å². The normalized spacial score (nSPS) is 16.7. The molecule has 1 aliphatic heterocycles. The first-order chi connectivity index (χ1) is 9.61. The lowest BCUT2D eigenvalue weighted by molar-refractivity contribution is 0.228. The summed E-state index contributed by atoms with van der Waals surface area (Å²) < 4.78 is 5.32. The summed E-state index contributed by atoms with van der Waals surface area (Å²) in [6, 6.07) is 0. The predicted molar refractivity (Wildman–Crippen MR) is 80.2 cm³/mol. The molecule has 1 saturated heterocycles. The Hall–Kier alpha value is -1.60. The molecule has 0 saturated carbocycles. The molecule has 2 rings (SSSR count). The Bertz CT molecular complexity index is 431. The number of aromatic nitrogens is 2. The van der Waals surface area contributed by atoms with Crippen LogP contribution in [0.15, 0.2) is 6.33 Å². The first kappa shape index (κ1) is 14.8. The third-order valence-corrected chi connectivity index (χ3v) is 3.55. The Morgan fingerprint density at radius 1 is 1.25 bits per heavy atom. The summed E-state index contributed by atoms with van der Waals surface area (Å²) in [5.74, 6) is 1.77. The lowest BCUT2D eigenvalue weighted by Crippen LogP contribution is -2.48. The third kappa shape index (κ3) is 3.49. The minimum Gasteiger partial charge on any atom is -0.490 e. The fourth-order valence-corrected chi connectivity index (χ4v) is 2.32. The van der Waals surface area contributed by atoms with Crippen LogP contribution in [-0.4, -0.2) is 80.2 Å². The zero-order valence-corrected chi connectivity index (χ0v) is 12.5. The van der Waals surface area contributed by atoms with Crippen LogP contribution in [0.5, 0.6) is 5.75 Å². The van der Waals surface area contributed by atoms with Crippen molar-refractivity contribution < 1.29 is 4.74 Å². The van der Waals surface area contributed by atoms with Crippen LogP contribution in [0.4, 0.5) is 11.6 Å². The van der Waals surface area contributed by atoms with Crippen LogP contribution < -0.4 is 15.4 Å². The smallest absolute Gasteiger partial charge is 0.204 e. The lowest BCUT2D eigenvalue weighted by atomic mass is 10.3. The van der Waals surface area contributed by atoms with Crippen molar-refractivity contribution in [1.82, 2.24) is 19.8 Å². The Labute approximate surface area is 120 Å². The molecule has 112 valence electrons. The minimum absolute atomic E-state index is 0.396. The fourth-order valence-electron chi connectivity index (χ4n) is 2.32. The average molecular weight is 280 g/mol. The van der Waals surface area contributed by atoms with Gasteiger partial charge in [0.1, 0.15) is 6.33 Å². The maximum atomic E-state index is 5.83. The number of likely N-dealkylation sites (N-methyl/N-ethyl adjacent to an activating group) is 1. The topological polar surface area (TPSA) is 70.7 Å². The monoisotopic (exact) mass is 280 g/mol. The average Bonchev–Trinajstić information content (AvgIpc) is 2.45. The van der Waals surface area contributed by atoms with E-state index in [1.807, 2.05) is 0 Å². The Morgan fingerprint density at radius 3 is 2.55 bits per heavy atom. The summed E-state index contributed by atoms with van der Waals surface area (Å²) in [7, 11) is 5.81. The van der Waals surface area contributed by atoms with Crippen molar-refractivity contribution in [2.75, 3.05) is 71.1 Å². The Kier molecular flexibility index (Phi) is 4.97. The van der Waals surface area contributed by atoms with Crippen molar-refractivity contribution in [1.29, 1.82) is 0 Å². The molecule has 1 aliphatic rings. The van der Waals surface area contributed by atoms with Crippen LogP contribution in [0, 0.1) is 0 Å². The minimum atomic E-state index is 0.396. The highest BCUT2D eigenvalue weighted by molar-refractivity contribution is 5.62. The first-order valence-corrected chi connectivity index (χ1v) is 6.88. The quantitative estimate of drug-likeness (QED) is 0.797. The summed E-state index contributed by atoms with van der Waals surface area (Å²) in [5, 5.41) is 0. The van der Waals surface area contributed by atoms with E-state index in [4.69, 9.17) is 10.5 Å². The number of nitrogen functional groups attached to an aromatic ring is 1. The molecule has 1 aromatic rings. The first-order valence-electron chi connectivity index (χ1n) is 6.88. The molecule has 0 radical (unpaired) electrons. The standard InChI is InChI=1S/C13H24N6O/c1-17(2)4-5-18-6-8-19(9-7-18)13-11(20-3)12(14)15-10-16-13/h10H,4-9H2,1-3H3,(H2,14,15,16). The van der Waals surface area contributed by atoms with E-state index in [2.05, 4.69) is 38.8 Å². The molecular weight excluding hydrogens is 256 g/mol. The molecule has 1 fully saturated rings. The molecule has 0 bridgehead atoms. The second kappa shape index (κ2) is 6.71. The number of piperazine rings is 1. The van der Waals surface area contributed by atoms with Crippen LogP contribution in [-0.2, 0) is 0 Å². The molecule has 0 spiro atoms. The van der Waals surface area contributed by atoms with Crippen molar-refractivity contribution in [2.45, 2.75) is 0 Å². The molecule has 0 aromatic carbocycles. The number of methoxy groups -OCH3 is 1. The zero-order chi connectivity index (χ0) is 14.5. The highest BCUT2D eigenvalue weighted by Gasteiger charge is 2.22. The maximum Gasteiger partial charge on any atom is 0.204 e. The van der Waals surface area contributed by atoms with Crippen molar-refractivity contribution >= 4 is 11.6 Å². The van der Waals surface area contributed by atoms with Crippen LogP contribution >= 0.6 is 0 Å². The number of hydrogen-bond donors (Lipinski definition) is 1. The van der Waals surface area contributed by atoms with Gasteiger partial charge in [-0.05, 0) is 14.1 Å². The molecule has 0 aliphatic carbocycles. The Morgan fingerprint density at radius 2 is 1.95 bits per heavy atom. The largest absolute Gasteiger partial charge is 0.490 e. The van der Waals surface area contributed by atoms with Gasteiger partial charge in [0.25, 0.3) is 0 Å². The predicted octanol–water partition coefficient (Wildman–Crippen LogP) is -0.249. The van der Waals surface area contributed by atoms with Gasteiger partial charge in [-0.3, -0.25) is 4.90 Å². The molecule has 2 heterocycles. The number of ether oxygens (including phenoxy) is 1. The summed E-state index contributed by atoms with van der Waals surface area (Å²) in [5.41, 5.74) is 5.83. The highest BCUT2D eigenvalue weighted by Crippen LogP contribution is 2.30. The van der Waals surface area contributed by atoms with Gasteiger partial charge in [0.2, 0.25) is 5.75 Å². The Balaban J connectivity index is 1.95.